The van der Waals surface area contributed by atoms with Gasteiger partial charge in [0.1, 0.15) is 16.8 Å². The summed E-state index contributed by atoms with van der Waals surface area (Å²) in [4.78, 5) is 22.0. The van der Waals surface area contributed by atoms with Crippen molar-refractivity contribution in [3.63, 3.8) is 0 Å². The summed E-state index contributed by atoms with van der Waals surface area (Å²) in [6, 6.07) is 29.6. The number of nitrogens with one attached hydrogen (secondary N) is 1. The smallest absolute Gasteiger partial charge is 0.226 e. The molecule has 0 spiro atoms. The van der Waals surface area contributed by atoms with Crippen molar-refractivity contribution in [2.24, 2.45) is 0 Å². The van der Waals surface area contributed by atoms with Crippen molar-refractivity contribution in [1.29, 1.82) is 5.26 Å². The average molecular weight is 523 g/mol. The van der Waals surface area contributed by atoms with Crippen LogP contribution in [0, 0.1) is 11.3 Å². The highest BCUT2D eigenvalue weighted by molar-refractivity contribution is 7.99. The first-order valence-corrected chi connectivity index (χ1v) is 13.4. The number of hydrogen-bond donors (Lipinski definition) is 1. The van der Waals surface area contributed by atoms with E-state index < -0.39 is 0 Å². The minimum absolute atomic E-state index is 0.139. The number of carbonyl (C=O) groups excluding carboxylic acids is 1. The van der Waals surface area contributed by atoms with Crippen molar-refractivity contribution in [2.45, 2.75) is 11.4 Å². The van der Waals surface area contributed by atoms with Crippen LogP contribution >= 0.6 is 23.1 Å². The van der Waals surface area contributed by atoms with Crippen molar-refractivity contribution in [3.05, 3.63) is 90.5 Å². The Bertz CT molecular complexity index is 1600. The molecule has 0 fully saturated rings. The molecular formula is C29H22N4O2S2. The molecule has 1 N–H and O–H groups in total. The largest absolute Gasteiger partial charge is 0.497 e. The lowest BCUT2D eigenvalue weighted by molar-refractivity contribution is -0.115. The fourth-order valence-corrected chi connectivity index (χ4v) is 5.70. The molecule has 0 aliphatic carbocycles. The molecule has 182 valence electrons. The second-order valence-electron chi connectivity index (χ2n) is 8.08. The SMILES string of the molecule is COc1ccc2nc(NC(=O)CCSc3nc(-c4ccccc4)cc(-c4ccccc4)c3C#N)sc2c1. The zero-order valence-electron chi connectivity index (χ0n) is 20.0. The van der Waals surface area contributed by atoms with Crippen LogP contribution in [-0.4, -0.2) is 28.7 Å². The molecule has 0 aliphatic rings. The second kappa shape index (κ2) is 11.2. The summed E-state index contributed by atoms with van der Waals surface area (Å²) in [7, 11) is 1.62. The standard InChI is InChI=1S/C29H22N4O2S2/c1-35-21-12-13-24-26(16-21)37-29(32-24)33-27(34)14-15-36-28-23(18-30)22(19-8-4-2-5-9-19)17-25(31-28)20-10-6-3-7-11-20/h2-13,16-17H,14-15H2,1H3,(H,32,33,34). The molecule has 0 atom stereocenters. The van der Waals surface area contributed by atoms with E-state index in [1.807, 2.05) is 84.9 Å². The molecule has 37 heavy (non-hydrogen) atoms. The van der Waals surface area contributed by atoms with Gasteiger partial charge in [-0.05, 0) is 29.8 Å². The normalized spacial score (nSPS) is 10.7. The van der Waals surface area contributed by atoms with Gasteiger partial charge in [0, 0.05) is 23.3 Å². The Labute approximate surface area is 223 Å². The highest BCUT2D eigenvalue weighted by atomic mass is 32.2. The number of fused-ring (bicyclic) bond motifs is 1. The number of thiazole rings is 1. The minimum Gasteiger partial charge on any atom is -0.497 e. The first kappa shape index (κ1) is 24.5. The van der Waals surface area contributed by atoms with Crippen molar-refractivity contribution in [2.75, 3.05) is 18.2 Å². The lowest BCUT2D eigenvalue weighted by Gasteiger charge is -2.12. The molecule has 0 unspecified atom stereocenters. The van der Waals surface area contributed by atoms with Crippen LogP contribution in [0.3, 0.4) is 0 Å². The predicted octanol–water partition coefficient (Wildman–Crippen LogP) is 7.03. The van der Waals surface area contributed by atoms with E-state index in [2.05, 4.69) is 16.4 Å². The van der Waals surface area contributed by atoms with Crippen molar-refractivity contribution >= 4 is 44.4 Å². The summed E-state index contributed by atoms with van der Waals surface area (Å²) < 4.78 is 6.20. The van der Waals surface area contributed by atoms with Gasteiger partial charge in [-0.15, -0.1) is 11.8 Å². The summed E-state index contributed by atoms with van der Waals surface area (Å²) >= 11 is 2.82. The molecule has 8 heteroatoms. The Morgan fingerprint density at radius 2 is 1.73 bits per heavy atom. The number of thioether (sulfide) groups is 1. The number of pyridine rings is 1. The molecular weight excluding hydrogens is 500 g/mol. The van der Waals surface area contributed by atoms with Gasteiger partial charge in [-0.1, -0.05) is 72.0 Å². The van der Waals surface area contributed by atoms with Crippen LogP contribution < -0.4 is 10.1 Å². The van der Waals surface area contributed by atoms with E-state index in [1.165, 1.54) is 23.1 Å². The van der Waals surface area contributed by atoms with E-state index in [0.717, 1.165) is 38.4 Å². The molecule has 2 heterocycles. The maximum atomic E-state index is 12.7. The van der Waals surface area contributed by atoms with Crippen LogP contribution in [0.2, 0.25) is 0 Å². The van der Waals surface area contributed by atoms with E-state index in [1.54, 1.807) is 7.11 Å². The number of rotatable bonds is 8. The van der Waals surface area contributed by atoms with E-state index >= 15 is 0 Å². The Morgan fingerprint density at radius 3 is 2.43 bits per heavy atom. The molecule has 2 aromatic heterocycles. The third kappa shape index (κ3) is 5.64. The fourth-order valence-electron chi connectivity index (χ4n) is 3.84. The number of aromatic nitrogens is 2. The van der Waals surface area contributed by atoms with Gasteiger partial charge in [-0.3, -0.25) is 4.79 Å². The van der Waals surface area contributed by atoms with Crippen LogP contribution in [-0.2, 0) is 4.79 Å². The van der Waals surface area contributed by atoms with Crippen molar-refractivity contribution < 1.29 is 9.53 Å². The maximum Gasteiger partial charge on any atom is 0.226 e. The number of hydrogen-bond acceptors (Lipinski definition) is 7. The number of amides is 1. The third-order valence-electron chi connectivity index (χ3n) is 5.66. The molecule has 6 nitrogen and oxygen atoms in total. The summed E-state index contributed by atoms with van der Waals surface area (Å²) in [5.41, 5.74) is 4.85. The predicted molar refractivity (Wildman–Crippen MR) is 150 cm³/mol. The van der Waals surface area contributed by atoms with Gasteiger partial charge in [-0.25, -0.2) is 9.97 Å². The molecule has 0 saturated carbocycles. The molecule has 0 bridgehead atoms. The highest BCUT2D eigenvalue weighted by Crippen LogP contribution is 2.34. The molecule has 5 rings (SSSR count). The Hall–Kier alpha value is -4.19. The minimum atomic E-state index is -0.139. The van der Waals surface area contributed by atoms with Gasteiger partial charge < -0.3 is 10.1 Å². The first-order chi connectivity index (χ1) is 18.1. The van der Waals surface area contributed by atoms with Crippen LogP contribution in [0.25, 0.3) is 32.6 Å². The number of nitriles is 1. The van der Waals surface area contributed by atoms with Gasteiger partial charge in [0.2, 0.25) is 5.91 Å². The highest BCUT2D eigenvalue weighted by Gasteiger charge is 2.17. The van der Waals surface area contributed by atoms with E-state index in [0.29, 0.717) is 21.5 Å². The van der Waals surface area contributed by atoms with E-state index in [-0.39, 0.29) is 12.3 Å². The number of carbonyl (C=O) groups is 1. The van der Waals surface area contributed by atoms with Gasteiger partial charge >= 0.3 is 0 Å². The molecule has 0 radical (unpaired) electrons. The number of benzene rings is 3. The summed E-state index contributed by atoms with van der Waals surface area (Å²) in [5, 5.41) is 14.1. The fraction of sp³-hybridized carbons (Fsp3) is 0.103. The molecule has 1 amide bonds. The monoisotopic (exact) mass is 522 g/mol. The number of anilines is 1. The van der Waals surface area contributed by atoms with Gasteiger partial charge in [0.25, 0.3) is 0 Å². The van der Waals surface area contributed by atoms with Crippen LogP contribution in [0.4, 0.5) is 5.13 Å². The molecule has 0 saturated heterocycles. The number of nitrogens with zero attached hydrogens (tertiary/aromatic N) is 3. The molecule has 0 aliphatic heterocycles. The lowest BCUT2D eigenvalue weighted by Crippen LogP contribution is -2.12. The van der Waals surface area contributed by atoms with Gasteiger partial charge in [0.15, 0.2) is 5.13 Å². The van der Waals surface area contributed by atoms with Crippen LogP contribution in [0.15, 0.2) is 90.0 Å². The van der Waals surface area contributed by atoms with E-state index in [4.69, 9.17) is 9.72 Å². The topological polar surface area (TPSA) is 87.9 Å². The van der Waals surface area contributed by atoms with E-state index in [9.17, 15) is 10.1 Å². The lowest BCUT2D eigenvalue weighted by atomic mass is 9.99. The molecule has 3 aromatic carbocycles. The molecule has 5 aromatic rings. The van der Waals surface area contributed by atoms with Crippen LogP contribution in [0.5, 0.6) is 5.75 Å². The summed E-state index contributed by atoms with van der Waals surface area (Å²) in [5.74, 6) is 1.08. The third-order valence-corrected chi connectivity index (χ3v) is 7.57. The average Bonchev–Trinajstić information content (AvgIpc) is 3.34. The Kier molecular flexibility index (Phi) is 7.45. The maximum absolute atomic E-state index is 12.7. The number of methoxy groups -OCH3 is 1. The first-order valence-electron chi connectivity index (χ1n) is 11.6. The van der Waals surface area contributed by atoms with Crippen LogP contribution in [0.1, 0.15) is 12.0 Å². The zero-order valence-corrected chi connectivity index (χ0v) is 21.6. The second-order valence-corrected chi connectivity index (χ2v) is 10.2. The van der Waals surface area contributed by atoms with Crippen molar-refractivity contribution in [3.8, 4) is 34.2 Å². The quantitative estimate of drug-likeness (QED) is 0.220. The summed E-state index contributed by atoms with van der Waals surface area (Å²) in [6.07, 6.45) is 0.257. The number of ether oxygens (including phenoxy) is 1. The Balaban J connectivity index is 1.35. The Morgan fingerprint density at radius 1 is 1.00 bits per heavy atom. The van der Waals surface area contributed by atoms with Crippen molar-refractivity contribution in [1.82, 2.24) is 9.97 Å². The van der Waals surface area contributed by atoms with Gasteiger partial charge in [0.05, 0.1) is 28.6 Å². The summed E-state index contributed by atoms with van der Waals surface area (Å²) in [6.45, 7) is 0. The zero-order chi connectivity index (χ0) is 25.6. The van der Waals surface area contributed by atoms with Gasteiger partial charge in [-0.2, -0.15) is 5.26 Å².